The molecule has 0 radical (unpaired) electrons. The van der Waals surface area contributed by atoms with Gasteiger partial charge < -0.3 is 34.7 Å². The SMILES string of the molecule is COc1cc(CCC2CCN(CC(CC(=O)O)c3cc(N4CCN(C(=O)CCCC=O)CC4)cc(N4NC(C)C=C4C)c3)C2)nc2c1CCCN2. The number of aryl methyl sites for hydroxylation is 1. The number of ether oxygens (including phenoxy) is 1. The first-order valence-electron chi connectivity index (χ1n) is 18.8. The Kier molecular flexibility index (Phi) is 12.1. The molecule has 2 aromatic rings. The van der Waals surface area contributed by atoms with Crippen LogP contribution in [0, 0.1) is 5.92 Å². The van der Waals surface area contributed by atoms with E-state index in [4.69, 9.17) is 9.72 Å². The van der Waals surface area contributed by atoms with Crippen LogP contribution >= 0.6 is 0 Å². The van der Waals surface area contributed by atoms with Gasteiger partial charge in [0.1, 0.15) is 17.9 Å². The molecule has 1 aromatic heterocycles. The Balaban J connectivity index is 1.15. The first-order valence-corrected chi connectivity index (χ1v) is 18.8. The molecular formula is C39H55N7O5. The van der Waals surface area contributed by atoms with Crippen molar-refractivity contribution in [1.82, 2.24) is 20.2 Å². The van der Waals surface area contributed by atoms with E-state index in [1.807, 2.05) is 4.90 Å². The summed E-state index contributed by atoms with van der Waals surface area (Å²) in [6.07, 6.45) is 9.59. The van der Waals surface area contributed by atoms with Gasteiger partial charge in [0.25, 0.3) is 0 Å². The molecule has 4 aliphatic heterocycles. The van der Waals surface area contributed by atoms with E-state index in [0.29, 0.717) is 57.9 Å². The zero-order valence-corrected chi connectivity index (χ0v) is 30.5. The Bertz CT molecular complexity index is 1570. The van der Waals surface area contributed by atoms with Crippen LogP contribution in [0.4, 0.5) is 17.2 Å². The Labute approximate surface area is 302 Å². The van der Waals surface area contributed by atoms with Gasteiger partial charge in [-0.15, -0.1) is 0 Å². The third-order valence-electron chi connectivity index (χ3n) is 10.9. The number of carbonyl (C=O) groups excluding carboxylic acids is 2. The van der Waals surface area contributed by atoms with Crippen molar-refractivity contribution in [3.05, 3.63) is 52.9 Å². The smallest absolute Gasteiger partial charge is 0.304 e. The number of aliphatic carboxylic acids is 1. The predicted molar refractivity (Wildman–Crippen MR) is 199 cm³/mol. The van der Waals surface area contributed by atoms with Gasteiger partial charge in [0.2, 0.25) is 5.91 Å². The van der Waals surface area contributed by atoms with Crippen molar-refractivity contribution in [1.29, 1.82) is 0 Å². The van der Waals surface area contributed by atoms with Crippen molar-refractivity contribution in [2.75, 3.05) is 74.7 Å². The zero-order valence-electron chi connectivity index (χ0n) is 30.5. The lowest BCUT2D eigenvalue weighted by Crippen LogP contribution is -2.48. The Morgan fingerprint density at radius 2 is 1.92 bits per heavy atom. The normalized spacial score (nSPS) is 21.2. The number of nitrogens with one attached hydrogen (secondary N) is 2. The molecule has 5 heterocycles. The summed E-state index contributed by atoms with van der Waals surface area (Å²) in [6, 6.07) is 8.80. The Hall–Kier alpha value is -4.16. The predicted octanol–water partition coefficient (Wildman–Crippen LogP) is 4.60. The number of unbranched alkanes of at least 4 members (excludes halogenated alkanes) is 1. The number of aldehydes is 1. The molecule has 2 fully saturated rings. The topological polar surface area (TPSA) is 131 Å². The molecule has 0 aliphatic carbocycles. The molecule has 4 aliphatic rings. The minimum Gasteiger partial charge on any atom is -0.496 e. The third kappa shape index (κ3) is 9.20. The number of hydrogen-bond acceptors (Lipinski definition) is 10. The number of carboxylic acids is 1. The number of hydrogen-bond donors (Lipinski definition) is 3. The van der Waals surface area contributed by atoms with Crippen LogP contribution in [0.2, 0.25) is 0 Å². The minimum absolute atomic E-state index is 0.0532. The van der Waals surface area contributed by atoms with E-state index in [1.165, 1.54) is 5.56 Å². The van der Waals surface area contributed by atoms with Crippen molar-refractivity contribution in [2.24, 2.45) is 5.92 Å². The van der Waals surface area contributed by atoms with Crippen molar-refractivity contribution in [3.63, 3.8) is 0 Å². The van der Waals surface area contributed by atoms with Gasteiger partial charge >= 0.3 is 5.97 Å². The number of hydrazine groups is 1. The first kappa shape index (κ1) is 36.6. The monoisotopic (exact) mass is 701 g/mol. The summed E-state index contributed by atoms with van der Waals surface area (Å²) in [5.74, 6) is 1.54. The number of anilines is 3. The lowest BCUT2D eigenvalue weighted by molar-refractivity contribution is -0.137. The largest absolute Gasteiger partial charge is 0.496 e. The molecule has 12 nitrogen and oxygen atoms in total. The average molecular weight is 702 g/mol. The van der Waals surface area contributed by atoms with E-state index in [2.05, 4.69) is 69.7 Å². The molecule has 6 rings (SSSR count). The number of rotatable bonds is 15. The van der Waals surface area contributed by atoms with E-state index in [9.17, 15) is 19.5 Å². The fraction of sp³-hybridized carbons (Fsp3) is 0.590. The molecule has 1 amide bonds. The van der Waals surface area contributed by atoms with E-state index < -0.39 is 5.97 Å². The maximum absolute atomic E-state index is 12.7. The van der Waals surface area contributed by atoms with Crippen LogP contribution in [-0.4, -0.2) is 104 Å². The van der Waals surface area contributed by atoms with E-state index in [1.54, 1.807) is 7.11 Å². The molecule has 276 valence electrons. The molecule has 1 aromatic carbocycles. The standard InChI is InChI=1S/C39H55N7O5/c1-27-19-28(2)46(42-27)34-21-30(20-33(24-34)44-14-16-45(17-15-44)37(48)8-4-5-18-47)31(22-38(49)50)26-43-13-11-29(25-43)9-10-32-23-36(51-3)35-7-6-12-40-39(35)41-32/h18-21,23-24,27,29,31,42H,4-17,22,25-26H2,1-3H3,(H,40,41)(H,49,50). The van der Waals surface area contributed by atoms with Crippen LogP contribution in [0.5, 0.6) is 5.75 Å². The highest BCUT2D eigenvalue weighted by atomic mass is 16.5. The van der Waals surface area contributed by atoms with Gasteiger partial charge in [-0.1, -0.05) is 0 Å². The van der Waals surface area contributed by atoms with Crippen molar-refractivity contribution >= 4 is 35.4 Å². The number of pyridine rings is 1. The van der Waals surface area contributed by atoms with Gasteiger partial charge in [-0.2, -0.15) is 0 Å². The fourth-order valence-corrected chi connectivity index (χ4v) is 8.18. The van der Waals surface area contributed by atoms with Crippen LogP contribution in [0.15, 0.2) is 36.0 Å². The van der Waals surface area contributed by atoms with Gasteiger partial charge in [0.05, 0.1) is 19.2 Å². The number of fused-ring (bicyclic) bond motifs is 1. The van der Waals surface area contributed by atoms with Crippen LogP contribution < -0.4 is 25.4 Å². The summed E-state index contributed by atoms with van der Waals surface area (Å²) < 4.78 is 5.71. The van der Waals surface area contributed by atoms with Crippen molar-refractivity contribution in [3.8, 4) is 5.75 Å². The van der Waals surface area contributed by atoms with E-state index in [0.717, 1.165) is 97.9 Å². The molecule has 2 saturated heterocycles. The maximum atomic E-state index is 12.7. The van der Waals surface area contributed by atoms with Gasteiger partial charge in [-0.25, -0.2) is 10.4 Å². The number of nitrogens with zero attached hydrogens (tertiary/aromatic N) is 5. The van der Waals surface area contributed by atoms with E-state index in [-0.39, 0.29) is 24.3 Å². The highest BCUT2D eigenvalue weighted by Gasteiger charge is 2.30. The van der Waals surface area contributed by atoms with Crippen molar-refractivity contribution < 1.29 is 24.2 Å². The van der Waals surface area contributed by atoms with Gasteiger partial charge in [0, 0.05) is 99.3 Å². The fourth-order valence-electron chi connectivity index (χ4n) is 8.18. The van der Waals surface area contributed by atoms with Gasteiger partial charge in [-0.05, 0) is 94.7 Å². The highest BCUT2D eigenvalue weighted by Crippen LogP contribution is 2.36. The number of amides is 1. The molecule has 0 bridgehead atoms. The third-order valence-corrected chi connectivity index (χ3v) is 10.9. The summed E-state index contributed by atoms with van der Waals surface area (Å²) in [5.41, 5.74) is 9.93. The number of methoxy groups -OCH3 is 1. The molecule has 3 atom stereocenters. The summed E-state index contributed by atoms with van der Waals surface area (Å²) in [6.45, 7) is 10.4. The Morgan fingerprint density at radius 1 is 1.12 bits per heavy atom. The molecule has 51 heavy (non-hydrogen) atoms. The molecule has 0 saturated carbocycles. The van der Waals surface area contributed by atoms with Crippen LogP contribution in [-0.2, 0) is 27.2 Å². The second-order valence-electron chi connectivity index (χ2n) is 14.7. The average Bonchev–Trinajstić information content (AvgIpc) is 3.74. The first-order chi connectivity index (χ1) is 24.7. The van der Waals surface area contributed by atoms with E-state index >= 15 is 0 Å². The molecule has 3 unspecified atom stereocenters. The quantitative estimate of drug-likeness (QED) is 0.178. The van der Waals surface area contributed by atoms with Gasteiger partial charge in [-0.3, -0.25) is 14.6 Å². The summed E-state index contributed by atoms with van der Waals surface area (Å²) >= 11 is 0. The number of piperazine rings is 1. The number of benzene rings is 1. The molecule has 3 N–H and O–H groups in total. The zero-order chi connectivity index (χ0) is 35.9. The number of aromatic nitrogens is 1. The second-order valence-corrected chi connectivity index (χ2v) is 14.7. The number of allylic oxidation sites excluding steroid dienone is 1. The van der Waals surface area contributed by atoms with Crippen molar-refractivity contribution in [2.45, 2.75) is 83.6 Å². The maximum Gasteiger partial charge on any atom is 0.304 e. The Morgan fingerprint density at radius 3 is 2.65 bits per heavy atom. The molecule has 12 heteroatoms. The minimum atomic E-state index is -0.797. The van der Waals surface area contributed by atoms with Gasteiger partial charge in [0.15, 0.2) is 0 Å². The summed E-state index contributed by atoms with van der Waals surface area (Å²) in [7, 11) is 1.73. The molecular weight excluding hydrogens is 646 g/mol. The lowest BCUT2D eigenvalue weighted by Gasteiger charge is -2.37. The molecule has 0 spiro atoms. The second kappa shape index (κ2) is 16.9. The lowest BCUT2D eigenvalue weighted by atomic mass is 9.93. The number of carbonyl (C=O) groups is 3. The van der Waals surface area contributed by atoms with Crippen LogP contribution in [0.1, 0.15) is 81.5 Å². The van der Waals surface area contributed by atoms with Crippen LogP contribution in [0.3, 0.4) is 0 Å². The number of carboxylic acid groups (broad SMARTS) is 1. The number of likely N-dealkylation sites (tertiary alicyclic amines) is 1. The van der Waals surface area contributed by atoms with Crippen LogP contribution in [0.25, 0.3) is 0 Å². The highest BCUT2D eigenvalue weighted by molar-refractivity contribution is 5.77. The summed E-state index contributed by atoms with van der Waals surface area (Å²) in [5, 5.41) is 15.7. The summed E-state index contributed by atoms with van der Waals surface area (Å²) in [4.78, 5) is 47.3.